The topological polar surface area (TPSA) is 75.6 Å². The number of hydrogen-bond acceptors (Lipinski definition) is 4. The fourth-order valence-corrected chi connectivity index (χ4v) is 2.61. The van der Waals surface area contributed by atoms with E-state index >= 15 is 0 Å². The molecule has 1 rings (SSSR count). The maximum absolute atomic E-state index is 11.9. The van der Waals surface area contributed by atoms with Crippen molar-refractivity contribution in [2.24, 2.45) is 0 Å². The van der Waals surface area contributed by atoms with Gasteiger partial charge < -0.3 is 9.84 Å². The summed E-state index contributed by atoms with van der Waals surface area (Å²) in [7, 11) is -3.47. The molecule has 0 fully saturated rings. The van der Waals surface area contributed by atoms with E-state index in [4.69, 9.17) is 9.84 Å². The molecule has 2 N–H and O–H groups in total. The predicted molar refractivity (Wildman–Crippen MR) is 64.3 cm³/mol. The zero-order chi connectivity index (χ0) is 12.7. The highest BCUT2D eigenvalue weighted by molar-refractivity contribution is 7.89. The number of ether oxygens (including phenoxy) is 1. The van der Waals surface area contributed by atoms with E-state index in [-0.39, 0.29) is 31.3 Å². The molecule has 6 heteroatoms. The zero-order valence-corrected chi connectivity index (χ0v) is 10.5. The van der Waals surface area contributed by atoms with Crippen molar-refractivity contribution in [1.29, 1.82) is 0 Å². The molecule has 1 aromatic carbocycles. The minimum atomic E-state index is -3.47. The van der Waals surface area contributed by atoms with Gasteiger partial charge >= 0.3 is 0 Å². The Hall–Kier alpha value is -0.950. The average Bonchev–Trinajstić information content (AvgIpc) is 2.29. The monoisotopic (exact) mass is 259 g/mol. The lowest BCUT2D eigenvalue weighted by Gasteiger charge is -2.09. The van der Waals surface area contributed by atoms with Gasteiger partial charge in [-0.25, -0.2) is 13.1 Å². The van der Waals surface area contributed by atoms with E-state index < -0.39 is 10.0 Å². The van der Waals surface area contributed by atoms with Crippen molar-refractivity contribution in [2.75, 3.05) is 26.4 Å². The Balaban J connectivity index is 2.55. The molecule has 0 unspecified atom stereocenters. The Morgan fingerprint density at radius 3 is 2.65 bits per heavy atom. The molecule has 0 radical (unpaired) electrons. The number of hydrogen-bond donors (Lipinski definition) is 2. The number of nitrogens with one attached hydrogen (secondary N) is 1. The number of aliphatic hydroxyl groups is 1. The second-order valence-electron chi connectivity index (χ2n) is 3.50. The molecule has 0 saturated carbocycles. The first-order valence-electron chi connectivity index (χ1n) is 5.32. The van der Waals surface area contributed by atoms with Crippen LogP contribution in [0.3, 0.4) is 0 Å². The smallest absolute Gasteiger partial charge is 0.240 e. The van der Waals surface area contributed by atoms with Gasteiger partial charge in [0.25, 0.3) is 0 Å². The Morgan fingerprint density at radius 2 is 2.00 bits per heavy atom. The van der Waals surface area contributed by atoms with Crippen molar-refractivity contribution in [1.82, 2.24) is 4.72 Å². The highest BCUT2D eigenvalue weighted by atomic mass is 32.2. The van der Waals surface area contributed by atoms with E-state index in [0.29, 0.717) is 5.56 Å². The van der Waals surface area contributed by atoms with Gasteiger partial charge in [-0.3, -0.25) is 0 Å². The molecule has 1 aromatic rings. The molecule has 0 atom stereocenters. The van der Waals surface area contributed by atoms with E-state index in [1.807, 2.05) is 0 Å². The van der Waals surface area contributed by atoms with Crippen LogP contribution in [0.4, 0.5) is 0 Å². The van der Waals surface area contributed by atoms with Crippen LogP contribution >= 0.6 is 0 Å². The molecule has 0 bridgehead atoms. The molecule has 0 aliphatic heterocycles. The van der Waals surface area contributed by atoms with Crippen molar-refractivity contribution < 1.29 is 18.3 Å². The summed E-state index contributed by atoms with van der Waals surface area (Å²) in [5.41, 5.74) is 0.705. The average molecular weight is 259 g/mol. The molecule has 17 heavy (non-hydrogen) atoms. The molecule has 0 aliphatic rings. The van der Waals surface area contributed by atoms with Gasteiger partial charge in [0, 0.05) is 6.54 Å². The summed E-state index contributed by atoms with van der Waals surface area (Å²) < 4.78 is 31.1. The Labute approximate surface area is 101 Å². The van der Waals surface area contributed by atoms with Crippen molar-refractivity contribution in [3.63, 3.8) is 0 Å². The summed E-state index contributed by atoms with van der Waals surface area (Å²) in [4.78, 5) is 0.280. The number of rotatable bonds is 7. The van der Waals surface area contributed by atoms with Crippen molar-refractivity contribution in [3.05, 3.63) is 29.8 Å². The van der Waals surface area contributed by atoms with Crippen molar-refractivity contribution >= 4 is 10.0 Å². The summed E-state index contributed by atoms with van der Waals surface area (Å²) in [6, 6.07) is 6.78. The molecular weight excluding hydrogens is 242 g/mol. The van der Waals surface area contributed by atoms with E-state index in [1.54, 1.807) is 31.2 Å². The first-order valence-corrected chi connectivity index (χ1v) is 6.80. The second kappa shape index (κ2) is 6.70. The minimum absolute atomic E-state index is 0.0649. The van der Waals surface area contributed by atoms with Crippen LogP contribution in [-0.2, 0) is 14.8 Å². The lowest BCUT2D eigenvalue weighted by Crippen LogP contribution is -2.28. The summed E-state index contributed by atoms with van der Waals surface area (Å²) in [6.45, 7) is 2.33. The van der Waals surface area contributed by atoms with Crippen LogP contribution in [0.2, 0.25) is 0 Å². The molecule has 0 spiro atoms. The number of aryl methyl sites for hydroxylation is 1. The molecule has 0 saturated heterocycles. The van der Waals surface area contributed by atoms with E-state index in [2.05, 4.69) is 4.72 Å². The molecule has 0 aliphatic carbocycles. The Kier molecular flexibility index (Phi) is 5.57. The van der Waals surface area contributed by atoms with Crippen molar-refractivity contribution in [2.45, 2.75) is 11.8 Å². The normalized spacial score (nSPS) is 11.6. The first-order chi connectivity index (χ1) is 8.08. The lowest BCUT2D eigenvalue weighted by molar-refractivity contribution is 0.0961. The van der Waals surface area contributed by atoms with Gasteiger partial charge in [-0.15, -0.1) is 0 Å². The molecule has 0 amide bonds. The number of sulfonamides is 1. The molecular formula is C11H17NO4S. The minimum Gasteiger partial charge on any atom is -0.394 e. The van der Waals surface area contributed by atoms with Gasteiger partial charge in [0.1, 0.15) is 0 Å². The summed E-state index contributed by atoms with van der Waals surface area (Å²) >= 11 is 0. The van der Waals surface area contributed by atoms with Crippen LogP contribution in [0.25, 0.3) is 0 Å². The van der Waals surface area contributed by atoms with Gasteiger partial charge in [0.05, 0.1) is 24.7 Å². The van der Waals surface area contributed by atoms with Crippen LogP contribution in [0, 0.1) is 6.92 Å². The zero-order valence-electron chi connectivity index (χ0n) is 9.72. The maximum atomic E-state index is 11.9. The third kappa shape index (κ3) is 4.43. The fourth-order valence-electron chi connectivity index (χ4n) is 1.35. The summed E-state index contributed by atoms with van der Waals surface area (Å²) in [5.74, 6) is 0. The highest BCUT2D eigenvalue weighted by Gasteiger charge is 2.14. The van der Waals surface area contributed by atoms with Crippen LogP contribution in [0.15, 0.2) is 29.2 Å². The first kappa shape index (κ1) is 14.1. The second-order valence-corrected chi connectivity index (χ2v) is 5.23. The third-order valence-corrected chi connectivity index (χ3v) is 3.78. The van der Waals surface area contributed by atoms with Crippen LogP contribution in [-0.4, -0.2) is 39.9 Å². The molecule has 0 aromatic heterocycles. The molecule has 5 nitrogen and oxygen atoms in total. The maximum Gasteiger partial charge on any atom is 0.240 e. The third-order valence-electron chi connectivity index (χ3n) is 2.16. The highest BCUT2D eigenvalue weighted by Crippen LogP contribution is 2.13. The van der Waals surface area contributed by atoms with Crippen LogP contribution < -0.4 is 4.72 Å². The molecule has 96 valence electrons. The van der Waals surface area contributed by atoms with Gasteiger partial charge in [-0.05, 0) is 18.6 Å². The van der Waals surface area contributed by atoms with E-state index in [9.17, 15) is 8.42 Å². The molecule has 0 heterocycles. The van der Waals surface area contributed by atoms with Crippen LogP contribution in [0.5, 0.6) is 0 Å². The Morgan fingerprint density at radius 1 is 1.29 bits per heavy atom. The summed E-state index contributed by atoms with van der Waals surface area (Å²) in [5, 5.41) is 8.48. The van der Waals surface area contributed by atoms with E-state index in [0.717, 1.165) is 0 Å². The van der Waals surface area contributed by atoms with Gasteiger partial charge in [0.2, 0.25) is 10.0 Å². The quantitative estimate of drug-likeness (QED) is 0.690. The number of aliphatic hydroxyl groups excluding tert-OH is 1. The summed E-state index contributed by atoms with van der Waals surface area (Å²) in [6.07, 6.45) is 0. The lowest BCUT2D eigenvalue weighted by atomic mass is 10.2. The van der Waals surface area contributed by atoms with Gasteiger partial charge in [0.15, 0.2) is 0 Å². The largest absolute Gasteiger partial charge is 0.394 e. The Bertz CT molecular complexity index is 445. The predicted octanol–water partition coefficient (Wildman–Crippen LogP) is 0.282. The SMILES string of the molecule is Cc1ccccc1S(=O)(=O)NCCOCCO. The van der Waals surface area contributed by atoms with Crippen molar-refractivity contribution in [3.8, 4) is 0 Å². The van der Waals surface area contributed by atoms with Gasteiger partial charge in [-0.1, -0.05) is 18.2 Å². The number of benzene rings is 1. The van der Waals surface area contributed by atoms with E-state index in [1.165, 1.54) is 0 Å². The van der Waals surface area contributed by atoms with Gasteiger partial charge in [-0.2, -0.15) is 0 Å². The standard InChI is InChI=1S/C11H17NO4S/c1-10-4-2-3-5-11(10)17(14,15)12-6-8-16-9-7-13/h2-5,12-13H,6-9H2,1H3. The fraction of sp³-hybridized carbons (Fsp3) is 0.455. The van der Waals surface area contributed by atoms with Crippen LogP contribution in [0.1, 0.15) is 5.56 Å².